The lowest BCUT2D eigenvalue weighted by Gasteiger charge is -2.25. The van der Waals surface area contributed by atoms with Crippen LogP contribution in [0.25, 0.3) is 0 Å². The smallest absolute Gasteiger partial charge is 0.257 e. The van der Waals surface area contributed by atoms with Crippen LogP contribution in [0.3, 0.4) is 0 Å². The van der Waals surface area contributed by atoms with Gasteiger partial charge in [0.2, 0.25) is 0 Å². The number of ether oxygens (including phenoxy) is 1. The third-order valence-electron chi connectivity index (χ3n) is 3.80. The Morgan fingerprint density at radius 1 is 1.36 bits per heavy atom. The molecule has 1 aliphatic rings. The van der Waals surface area contributed by atoms with E-state index in [9.17, 15) is 4.79 Å². The van der Waals surface area contributed by atoms with Crippen LogP contribution in [0.1, 0.15) is 50.4 Å². The molecule has 0 aromatic heterocycles. The molecule has 0 saturated carbocycles. The largest absolute Gasteiger partial charge is 0.490 e. The van der Waals surface area contributed by atoms with Crippen LogP contribution in [0, 0.1) is 0 Å². The van der Waals surface area contributed by atoms with Gasteiger partial charge in [0.15, 0.2) is 0 Å². The molecular weight excluding hydrogens is 294 g/mol. The molecule has 4 heteroatoms. The first kappa shape index (κ1) is 17.2. The second-order valence-corrected chi connectivity index (χ2v) is 7.56. The number of rotatable bonds is 5. The molecule has 0 aliphatic carbocycles. The SMILES string of the molecule is CCSC1CCCCN(C(=O)c2ccccc2OC(C)C)C1. The number of amides is 1. The highest BCUT2D eigenvalue weighted by atomic mass is 32.2. The number of benzene rings is 1. The average molecular weight is 321 g/mol. The van der Waals surface area contributed by atoms with Crippen molar-refractivity contribution in [2.24, 2.45) is 0 Å². The standard InChI is InChI=1S/C18H27NO2S/c1-4-22-15-9-7-8-12-19(13-15)18(20)16-10-5-6-11-17(16)21-14(2)3/h5-6,10-11,14-15H,4,7-9,12-13H2,1-3H3. The summed E-state index contributed by atoms with van der Waals surface area (Å²) in [4.78, 5) is 15.0. The van der Waals surface area contributed by atoms with Crippen LogP contribution in [-0.2, 0) is 0 Å². The molecule has 1 aromatic rings. The van der Waals surface area contributed by atoms with Crippen molar-refractivity contribution < 1.29 is 9.53 Å². The monoisotopic (exact) mass is 321 g/mol. The molecule has 122 valence electrons. The molecule has 1 unspecified atom stereocenters. The van der Waals surface area contributed by atoms with E-state index in [2.05, 4.69) is 6.92 Å². The van der Waals surface area contributed by atoms with Gasteiger partial charge in [-0.15, -0.1) is 0 Å². The zero-order chi connectivity index (χ0) is 15.9. The summed E-state index contributed by atoms with van der Waals surface area (Å²) in [6.45, 7) is 7.87. The summed E-state index contributed by atoms with van der Waals surface area (Å²) in [7, 11) is 0. The first-order valence-electron chi connectivity index (χ1n) is 8.28. The second kappa shape index (κ2) is 8.47. The van der Waals surface area contributed by atoms with Crippen molar-refractivity contribution in [3.05, 3.63) is 29.8 Å². The van der Waals surface area contributed by atoms with E-state index in [0.717, 1.165) is 25.3 Å². The number of hydrogen-bond acceptors (Lipinski definition) is 3. The fourth-order valence-electron chi connectivity index (χ4n) is 2.83. The van der Waals surface area contributed by atoms with Crippen molar-refractivity contribution in [3.63, 3.8) is 0 Å². The zero-order valence-electron chi connectivity index (χ0n) is 13.9. The van der Waals surface area contributed by atoms with Crippen LogP contribution in [0.2, 0.25) is 0 Å². The van der Waals surface area contributed by atoms with E-state index in [1.807, 2.05) is 54.8 Å². The molecule has 1 heterocycles. The highest BCUT2D eigenvalue weighted by Gasteiger charge is 2.25. The lowest BCUT2D eigenvalue weighted by atomic mass is 10.1. The molecule has 1 aliphatic heterocycles. The fraction of sp³-hybridized carbons (Fsp3) is 0.611. The normalized spacial score (nSPS) is 19.1. The first-order chi connectivity index (χ1) is 10.6. The molecule has 2 rings (SSSR count). The molecule has 0 N–H and O–H groups in total. The van der Waals surface area contributed by atoms with Gasteiger partial charge in [-0.25, -0.2) is 0 Å². The Morgan fingerprint density at radius 3 is 2.86 bits per heavy atom. The molecule has 3 nitrogen and oxygen atoms in total. The lowest BCUT2D eigenvalue weighted by Crippen LogP contribution is -2.36. The van der Waals surface area contributed by atoms with Gasteiger partial charge in [0.1, 0.15) is 5.75 Å². The molecule has 0 bridgehead atoms. The summed E-state index contributed by atoms with van der Waals surface area (Å²) < 4.78 is 5.81. The Labute approximate surface area is 138 Å². The number of para-hydroxylation sites is 1. The van der Waals surface area contributed by atoms with Gasteiger partial charge in [-0.1, -0.05) is 25.5 Å². The predicted molar refractivity (Wildman–Crippen MR) is 93.9 cm³/mol. The van der Waals surface area contributed by atoms with E-state index >= 15 is 0 Å². The van der Waals surface area contributed by atoms with E-state index in [0.29, 0.717) is 16.6 Å². The van der Waals surface area contributed by atoms with Gasteiger partial charge in [0.05, 0.1) is 11.7 Å². The van der Waals surface area contributed by atoms with Crippen molar-refractivity contribution in [2.45, 2.75) is 51.4 Å². The summed E-state index contributed by atoms with van der Waals surface area (Å²) >= 11 is 1.97. The maximum Gasteiger partial charge on any atom is 0.257 e. The Kier molecular flexibility index (Phi) is 6.62. The number of likely N-dealkylation sites (tertiary alicyclic amines) is 1. The Hall–Kier alpha value is -1.16. The molecule has 1 atom stereocenters. The maximum atomic E-state index is 12.9. The quantitative estimate of drug-likeness (QED) is 0.813. The third kappa shape index (κ3) is 4.67. The molecule has 0 spiro atoms. The van der Waals surface area contributed by atoms with Crippen LogP contribution in [0.4, 0.5) is 0 Å². The van der Waals surface area contributed by atoms with Gasteiger partial charge >= 0.3 is 0 Å². The highest BCUT2D eigenvalue weighted by Crippen LogP contribution is 2.26. The molecule has 1 saturated heterocycles. The summed E-state index contributed by atoms with van der Waals surface area (Å²) in [6.07, 6.45) is 3.60. The lowest BCUT2D eigenvalue weighted by molar-refractivity contribution is 0.0757. The van der Waals surface area contributed by atoms with Gasteiger partial charge in [-0.05, 0) is 44.6 Å². The van der Waals surface area contributed by atoms with E-state index in [4.69, 9.17) is 4.74 Å². The Morgan fingerprint density at radius 2 is 2.14 bits per heavy atom. The number of hydrogen-bond donors (Lipinski definition) is 0. The first-order valence-corrected chi connectivity index (χ1v) is 9.33. The summed E-state index contributed by atoms with van der Waals surface area (Å²) in [5.74, 6) is 1.92. The summed E-state index contributed by atoms with van der Waals surface area (Å²) in [5.41, 5.74) is 0.693. The number of thioether (sulfide) groups is 1. The van der Waals surface area contributed by atoms with Gasteiger partial charge < -0.3 is 9.64 Å². The van der Waals surface area contributed by atoms with E-state index < -0.39 is 0 Å². The summed E-state index contributed by atoms with van der Waals surface area (Å²) in [6, 6.07) is 7.61. The molecule has 1 amide bonds. The van der Waals surface area contributed by atoms with Gasteiger partial charge in [-0.3, -0.25) is 4.79 Å². The van der Waals surface area contributed by atoms with Crippen molar-refractivity contribution >= 4 is 17.7 Å². The molecule has 0 radical (unpaired) electrons. The minimum Gasteiger partial charge on any atom is -0.490 e. The number of carbonyl (C=O) groups excluding carboxylic acids is 1. The fourth-order valence-corrected chi connectivity index (χ4v) is 3.92. The van der Waals surface area contributed by atoms with Crippen LogP contribution >= 0.6 is 11.8 Å². The van der Waals surface area contributed by atoms with Crippen LogP contribution in [0.15, 0.2) is 24.3 Å². The minimum atomic E-state index is 0.0708. The molecule has 22 heavy (non-hydrogen) atoms. The molecule has 1 fully saturated rings. The van der Waals surface area contributed by atoms with Crippen molar-refractivity contribution in [2.75, 3.05) is 18.8 Å². The van der Waals surface area contributed by atoms with Crippen molar-refractivity contribution in [1.29, 1.82) is 0 Å². The van der Waals surface area contributed by atoms with E-state index in [1.54, 1.807) is 0 Å². The van der Waals surface area contributed by atoms with Crippen LogP contribution in [0.5, 0.6) is 5.75 Å². The van der Waals surface area contributed by atoms with Gasteiger partial charge in [0.25, 0.3) is 5.91 Å². The molecule has 1 aromatic carbocycles. The van der Waals surface area contributed by atoms with E-state index in [-0.39, 0.29) is 12.0 Å². The van der Waals surface area contributed by atoms with Gasteiger partial charge in [-0.2, -0.15) is 11.8 Å². The molecular formula is C18H27NO2S. The maximum absolute atomic E-state index is 12.9. The Balaban J connectivity index is 2.15. The topological polar surface area (TPSA) is 29.5 Å². The highest BCUT2D eigenvalue weighted by molar-refractivity contribution is 7.99. The third-order valence-corrected chi connectivity index (χ3v) is 4.99. The van der Waals surface area contributed by atoms with E-state index in [1.165, 1.54) is 12.8 Å². The summed E-state index contributed by atoms with van der Waals surface area (Å²) in [5, 5.41) is 0.564. The number of carbonyl (C=O) groups is 1. The zero-order valence-corrected chi connectivity index (χ0v) is 14.7. The number of nitrogens with zero attached hydrogens (tertiary/aromatic N) is 1. The van der Waals surface area contributed by atoms with Gasteiger partial charge in [0, 0.05) is 18.3 Å². The average Bonchev–Trinajstić information content (AvgIpc) is 2.72. The second-order valence-electron chi connectivity index (χ2n) is 5.99. The van der Waals surface area contributed by atoms with Crippen LogP contribution < -0.4 is 4.74 Å². The predicted octanol–water partition coefficient (Wildman–Crippen LogP) is 4.22. The Bertz CT molecular complexity index is 490. The van der Waals surface area contributed by atoms with Crippen molar-refractivity contribution in [3.8, 4) is 5.75 Å². The van der Waals surface area contributed by atoms with Crippen LogP contribution in [-0.4, -0.2) is 41.0 Å². The van der Waals surface area contributed by atoms with Crippen molar-refractivity contribution in [1.82, 2.24) is 4.90 Å². The minimum absolute atomic E-state index is 0.0708.